The van der Waals surface area contributed by atoms with Crippen LogP contribution in [0.25, 0.3) is 22.7 Å². The summed E-state index contributed by atoms with van der Waals surface area (Å²) in [4.78, 5) is 11.7. The average molecular weight is 474 g/mol. The van der Waals surface area contributed by atoms with Gasteiger partial charge in [-0.25, -0.2) is 13.5 Å². The summed E-state index contributed by atoms with van der Waals surface area (Å²) in [5, 5.41) is 17.3. The van der Waals surface area contributed by atoms with Gasteiger partial charge in [-0.3, -0.25) is 4.79 Å². The molecule has 0 saturated heterocycles. The zero-order valence-electron chi connectivity index (χ0n) is 18.0. The van der Waals surface area contributed by atoms with Crippen LogP contribution in [-0.4, -0.2) is 36.8 Å². The van der Waals surface area contributed by atoms with Gasteiger partial charge in [0.2, 0.25) is 5.89 Å². The van der Waals surface area contributed by atoms with E-state index in [-0.39, 0.29) is 23.6 Å². The number of benzene rings is 2. The van der Waals surface area contributed by atoms with Crippen molar-refractivity contribution < 1.29 is 26.8 Å². The third-order valence-electron chi connectivity index (χ3n) is 4.78. The number of halogens is 4. The second kappa shape index (κ2) is 9.04. The molecule has 0 unspecified atom stereocenters. The molecule has 2 heterocycles. The summed E-state index contributed by atoms with van der Waals surface area (Å²) in [6.07, 6.45) is -1.30. The number of nitrogens with zero attached hydrogens (tertiary/aromatic N) is 5. The third kappa shape index (κ3) is 5.11. The Bertz CT molecular complexity index is 1310. The van der Waals surface area contributed by atoms with Crippen molar-refractivity contribution in [1.82, 2.24) is 25.2 Å². The molecule has 0 aliphatic carbocycles. The van der Waals surface area contributed by atoms with Crippen LogP contribution in [-0.2, 0) is 11.3 Å². The van der Waals surface area contributed by atoms with Gasteiger partial charge < -0.3 is 9.73 Å². The lowest BCUT2D eigenvalue weighted by Gasteiger charge is -2.14. The van der Waals surface area contributed by atoms with E-state index < -0.39 is 29.7 Å². The minimum atomic E-state index is -2.91. The Hall–Kier alpha value is -4.09. The first kappa shape index (κ1) is 23.1. The number of anilines is 1. The van der Waals surface area contributed by atoms with Crippen LogP contribution in [0.3, 0.4) is 0 Å². The predicted molar refractivity (Wildman–Crippen MR) is 113 cm³/mol. The molecule has 2 aromatic carbocycles. The van der Waals surface area contributed by atoms with Crippen molar-refractivity contribution in [3.63, 3.8) is 0 Å². The maximum absolute atomic E-state index is 14.6. The van der Waals surface area contributed by atoms with Crippen molar-refractivity contribution in [2.24, 2.45) is 0 Å². The van der Waals surface area contributed by atoms with Crippen LogP contribution in [0.4, 0.5) is 23.2 Å². The highest BCUT2D eigenvalue weighted by Crippen LogP contribution is 2.25. The molecule has 12 heteroatoms. The van der Waals surface area contributed by atoms with E-state index in [1.54, 1.807) is 30.5 Å². The molecule has 0 fully saturated rings. The fourth-order valence-corrected chi connectivity index (χ4v) is 2.93. The Balaban J connectivity index is 1.45. The van der Waals surface area contributed by atoms with Gasteiger partial charge in [0.05, 0.1) is 12.7 Å². The molecule has 4 aromatic rings. The molecule has 34 heavy (non-hydrogen) atoms. The number of hydrogen-bond donors (Lipinski definition) is 1. The maximum Gasteiger partial charge on any atom is 0.314 e. The highest BCUT2D eigenvalue weighted by Gasteiger charge is 2.26. The molecule has 176 valence electrons. The van der Waals surface area contributed by atoms with E-state index in [1.165, 1.54) is 30.7 Å². The Morgan fingerprint density at radius 2 is 1.79 bits per heavy atom. The summed E-state index contributed by atoms with van der Waals surface area (Å²) in [5.41, 5.74) is 0.0615. The third-order valence-corrected chi connectivity index (χ3v) is 4.78. The fourth-order valence-electron chi connectivity index (χ4n) is 2.93. The van der Waals surface area contributed by atoms with Gasteiger partial charge in [-0.2, -0.15) is 8.78 Å². The minimum Gasteiger partial charge on any atom is -0.415 e. The predicted octanol–water partition coefficient (Wildman–Crippen LogP) is 4.81. The molecule has 0 bridgehead atoms. The van der Waals surface area contributed by atoms with Crippen molar-refractivity contribution in [2.75, 3.05) is 5.32 Å². The molecule has 1 amide bonds. The van der Waals surface area contributed by atoms with E-state index in [1.807, 2.05) is 0 Å². The molecule has 2 aromatic heterocycles. The lowest BCUT2D eigenvalue weighted by Crippen LogP contribution is -2.32. The molecule has 1 N–H and O–H groups in total. The molecule has 8 nitrogen and oxygen atoms in total. The highest BCUT2D eigenvalue weighted by atomic mass is 19.3. The number of carbonyl (C=O) groups is 1. The molecular formula is C22H18F4N6O2. The van der Waals surface area contributed by atoms with Gasteiger partial charge >= 0.3 is 6.43 Å². The number of nitrogens with one attached hydrogen (secondary N) is 1. The van der Waals surface area contributed by atoms with Crippen molar-refractivity contribution >= 4 is 11.6 Å². The van der Waals surface area contributed by atoms with Gasteiger partial charge in [-0.05, 0) is 38.1 Å². The summed E-state index contributed by atoms with van der Waals surface area (Å²) in [6.45, 7) is 2.39. The van der Waals surface area contributed by atoms with Crippen LogP contribution in [0, 0.1) is 5.82 Å². The standard InChI is InChI=1S/C22H18F4N6O2/c1-22(2,26)21(33)27-15-7-5-12(6-8-15)17-11-32(31-28-17)10-14-4-3-13(9-16(14)23)19-29-30-20(34-19)18(24)25/h3-9,11,18H,10H2,1-2H3,(H,27,33). The van der Waals surface area contributed by atoms with Crippen LogP contribution in [0.5, 0.6) is 0 Å². The second-order valence-electron chi connectivity index (χ2n) is 7.86. The van der Waals surface area contributed by atoms with E-state index in [0.29, 0.717) is 16.9 Å². The van der Waals surface area contributed by atoms with E-state index >= 15 is 0 Å². The Morgan fingerprint density at radius 1 is 1.09 bits per heavy atom. The number of amides is 1. The number of rotatable bonds is 7. The van der Waals surface area contributed by atoms with Crippen LogP contribution in [0.15, 0.2) is 53.1 Å². The first-order valence-corrected chi connectivity index (χ1v) is 10.0. The fraction of sp³-hybridized carbons (Fsp3) is 0.227. The molecule has 0 atom stereocenters. The first-order valence-electron chi connectivity index (χ1n) is 10.0. The summed E-state index contributed by atoms with van der Waals surface area (Å²) >= 11 is 0. The summed E-state index contributed by atoms with van der Waals surface area (Å²) < 4.78 is 59.7. The van der Waals surface area contributed by atoms with Gasteiger partial charge in [0.25, 0.3) is 11.8 Å². The van der Waals surface area contributed by atoms with E-state index in [2.05, 4.69) is 25.8 Å². The van der Waals surface area contributed by atoms with E-state index in [4.69, 9.17) is 4.42 Å². The zero-order valence-corrected chi connectivity index (χ0v) is 18.0. The summed E-state index contributed by atoms with van der Waals surface area (Å²) in [5.74, 6) is -2.41. The van der Waals surface area contributed by atoms with Crippen molar-refractivity contribution in [3.8, 4) is 22.7 Å². The lowest BCUT2D eigenvalue weighted by molar-refractivity contribution is -0.125. The zero-order chi connectivity index (χ0) is 24.5. The van der Waals surface area contributed by atoms with Crippen LogP contribution in [0.1, 0.15) is 31.7 Å². The largest absolute Gasteiger partial charge is 0.415 e. The van der Waals surface area contributed by atoms with Gasteiger partial charge in [0.15, 0.2) is 5.67 Å². The SMILES string of the molecule is CC(C)(F)C(=O)Nc1ccc(-c2cn(Cc3ccc(-c4nnc(C(F)F)o4)cc3F)nn2)cc1. The smallest absolute Gasteiger partial charge is 0.314 e. The van der Waals surface area contributed by atoms with E-state index in [9.17, 15) is 22.4 Å². The van der Waals surface area contributed by atoms with Crippen LogP contribution >= 0.6 is 0 Å². The number of aromatic nitrogens is 5. The molecule has 0 radical (unpaired) electrons. The molecule has 0 aliphatic rings. The highest BCUT2D eigenvalue weighted by molar-refractivity contribution is 5.96. The molecule has 0 spiro atoms. The molecular weight excluding hydrogens is 456 g/mol. The Labute approximate surface area is 190 Å². The average Bonchev–Trinajstić information content (AvgIpc) is 3.45. The van der Waals surface area contributed by atoms with Gasteiger partial charge in [0, 0.05) is 22.4 Å². The first-order chi connectivity index (χ1) is 16.1. The summed E-state index contributed by atoms with van der Waals surface area (Å²) in [6, 6.07) is 10.6. The Kier molecular flexibility index (Phi) is 6.14. The summed E-state index contributed by atoms with van der Waals surface area (Å²) in [7, 11) is 0. The molecule has 0 aliphatic heterocycles. The van der Waals surface area contributed by atoms with Crippen molar-refractivity contribution in [1.29, 1.82) is 0 Å². The molecule has 4 rings (SSSR count). The Morgan fingerprint density at radius 3 is 2.41 bits per heavy atom. The number of carbonyl (C=O) groups excluding carboxylic acids is 1. The van der Waals surface area contributed by atoms with Gasteiger partial charge in [-0.1, -0.05) is 23.4 Å². The topological polar surface area (TPSA) is 98.7 Å². The van der Waals surface area contributed by atoms with Crippen molar-refractivity contribution in [3.05, 3.63) is 65.9 Å². The number of alkyl halides is 3. The quantitative estimate of drug-likeness (QED) is 0.386. The molecule has 0 saturated carbocycles. The minimum absolute atomic E-state index is 0.0605. The monoisotopic (exact) mass is 474 g/mol. The van der Waals surface area contributed by atoms with Crippen LogP contribution < -0.4 is 5.32 Å². The maximum atomic E-state index is 14.6. The van der Waals surface area contributed by atoms with Crippen molar-refractivity contribution in [2.45, 2.75) is 32.5 Å². The van der Waals surface area contributed by atoms with Crippen LogP contribution in [0.2, 0.25) is 0 Å². The normalized spacial score (nSPS) is 11.7. The van der Waals surface area contributed by atoms with Gasteiger partial charge in [-0.15, -0.1) is 15.3 Å². The number of hydrogen-bond acceptors (Lipinski definition) is 6. The lowest BCUT2D eigenvalue weighted by atomic mass is 10.1. The second-order valence-corrected chi connectivity index (χ2v) is 7.86. The van der Waals surface area contributed by atoms with E-state index in [0.717, 1.165) is 6.07 Å². The van der Waals surface area contributed by atoms with Gasteiger partial charge in [0.1, 0.15) is 11.5 Å².